The van der Waals surface area contributed by atoms with Gasteiger partial charge in [0.2, 0.25) is 0 Å². The quantitative estimate of drug-likeness (QED) is 0.119. The maximum atomic E-state index is 11.8. The number of hydrogen-bond acceptors (Lipinski definition) is 15. The van der Waals surface area contributed by atoms with Crippen LogP contribution in [0.4, 0.5) is 0 Å². The van der Waals surface area contributed by atoms with E-state index in [0.717, 1.165) is 12.8 Å². The molecule has 0 unspecified atom stereocenters. The molecule has 0 aromatic heterocycles. The van der Waals surface area contributed by atoms with Crippen molar-refractivity contribution >= 4 is 5.97 Å². The molecule has 2 aliphatic heterocycles. The molecule has 20 atom stereocenters. The Labute approximate surface area is 310 Å². The molecule has 15 nitrogen and oxygen atoms in total. The number of carboxylic acids is 1. The zero-order chi connectivity index (χ0) is 38.8. The van der Waals surface area contributed by atoms with E-state index in [9.17, 15) is 55.9 Å². The molecule has 304 valence electrons. The summed E-state index contributed by atoms with van der Waals surface area (Å²) in [5, 5.41) is 109. The number of hydrogen-bond donors (Lipinski definition) is 9. The minimum absolute atomic E-state index is 0.0371. The summed E-state index contributed by atoms with van der Waals surface area (Å²) in [7, 11) is 0. The fourth-order valence-corrected chi connectivity index (χ4v) is 13.8. The van der Waals surface area contributed by atoms with Crippen molar-refractivity contribution in [3.05, 3.63) is 0 Å². The number of carbonyl (C=O) groups excluding carboxylic acids is 1. The van der Waals surface area contributed by atoms with Crippen molar-refractivity contribution in [3.8, 4) is 0 Å². The number of fused-ring (bicyclic) bond motifs is 2. The third-order valence-electron chi connectivity index (χ3n) is 16.4. The van der Waals surface area contributed by atoms with Gasteiger partial charge < -0.3 is 74.8 Å². The van der Waals surface area contributed by atoms with Gasteiger partial charge in [0.25, 0.3) is 0 Å². The molecule has 7 fully saturated rings. The van der Waals surface area contributed by atoms with Gasteiger partial charge >= 0.3 is 0 Å². The van der Waals surface area contributed by atoms with Gasteiger partial charge in [0, 0.05) is 11.9 Å². The van der Waals surface area contributed by atoms with E-state index in [1.807, 2.05) is 0 Å². The maximum Gasteiger partial charge on any atom is 0.186 e. The first-order chi connectivity index (χ1) is 24.6. The second-order valence-corrected chi connectivity index (χ2v) is 19.2. The van der Waals surface area contributed by atoms with Crippen LogP contribution < -0.4 is 5.11 Å². The monoisotopic (exact) mass is 757 g/mol. The van der Waals surface area contributed by atoms with Gasteiger partial charge in [-0.2, -0.15) is 0 Å². The van der Waals surface area contributed by atoms with Crippen LogP contribution in [0.15, 0.2) is 0 Å². The maximum absolute atomic E-state index is 11.8. The average Bonchev–Trinajstić information content (AvgIpc) is 3.67. The van der Waals surface area contributed by atoms with E-state index in [-0.39, 0.29) is 42.1 Å². The standard InChI is InChI=1S/C38H62O15/c1-33(2)22(53-31-27(47)24(44)18(41)15-50-31)6-9-38-16-37(38)11-10-34(3)29(36(5,49)8-7-23(42)43)17(40)13-35(34,4)21(37)12-19(30(33)38)51-32-28(48)26(46)25(45)20(14-39)52-32/h17-22,24-32,39-41,44-49H,6-16H2,1-5H3,(H,42,43)/p-1/t17-,18+,19-,20+,21-,22-,24-,25+,26-,27+,28+,29-,30-,31-,32+,34+,35-,36+,37-,38+/m0/s1. The molecular formula is C38H61O15-. The van der Waals surface area contributed by atoms with Crippen LogP contribution in [0, 0.1) is 44.8 Å². The Kier molecular flexibility index (Phi) is 10.0. The van der Waals surface area contributed by atoms with Crippen molar-refractivity contribution < 1.29 is 74.8 Å². The van der Waals surface area contributed by atoms with Crippen LogP contribution in [0.5, 0.6) is 0 Å². The summed E-state index contributed by atoms with van der Waals surface area (Å²) < 4.78 is 24.8. The van der Waals surface area contributed by atoms with Gasteiger partial charge in [0.15, 0.2) is 12.6 Å². The molecule has 0 bridgehead atoms. The van der Waals surface area contributed by atoms with Gasteiger partial charge in [-0.15, -0.1) is 0 Å². The Morgan fingerprint density at radius 1 is 0.849 bits per heavy atom. The number of aliphatic carboxylic acids is 1. The van der Waals surface area contributed by atoms with Gasteiger partial charge in [0.05, 0.1) is 37.1 Å². The first kappa shape index (κ1) is 40.2. The van der Waals surface area contributed by atoms with Crippen molar-refractivity contribution in [2.45, 2.75) is 172 Å². The van der Waals surface area contributed by atoms with Crippen molar-refractivity contribution in [1.82, 2.24) is 0 Å². The van der Waals surface area contributed by atoms with Gasteiger partial charge in [-0.1, -0.05) is 27.7 Å². The molecule has 53 heavy (non-hydrogen) atoms. The fraction of sp³-hybridized carbons (Fsp3) is 0.974. The average molecular weight is 758 g/mol. The summed E-state index contributed by atoms with van der Waals surface area (Å²) in [6.07, 6.45) is -10.7. The van der Waals surface area contributed by atoms with Crippen LogP contribution in [-0.2, 0) is 23.7 Å². The molecule has 0 aromatic carbocycles. The number of carbonyl (C=O) groups is 1. The molecule has 0 amide bonds. The van der Waals surface area contributed by atoms with E-state index < -0.39 is 114 Å². The molecule has 2 spiro atoms. The highest BCUT2D eigenvalue weighted by atomic mass is 16.7. The number of ether oxygens (including phenoxy) is 4. The molecule has 2 heterocycles. The molecule has 15 heteroatoms. The second kappa shape index (κ2) is 13.2. The number of carboxylic acid groups (broad SMARTS) is 1. The molecule has 7 rings (SSSR count). The molecule has 2 saturated heterocycles. The first-order valence-electron chi connectivity index (χ1n) is 19.5. The Morgan fingerprint density at radius 3 is 2.19 bits per heavy atom. The highest BCUT2D eigenvalue weighted by Gasteiger charge is 2.85. The van der Waals surface area contributed by atoms with Crippen LogP contribution in [0.3, 0.4) is 0 Å². The predicted octanol–water partition coefficient (Wildman–Crippen LogP) is -1.70. The lowest BCUT2D eigenvalue weighted by Crippen LogP contribution is -2.65. The van der Waals surface area contributed by atoms with Crippen LogP contribution in [0.1, 0.15) is 92.4 Å². The van der Waals surface area contributed by atoms with Gasteiger partial charge in [0.1, 0.15) is 42.7 Å². The van der Waals surface area contributed by atoms with Crippen molar-refractivity contribution in [3.63, 3.8) is 0 Å². The topological polar surface area (TPSA) is 259 Å². The van der Waals surface area contributed by atoms with Gasteiger partial charge in [-0.05, 0) is 104 Å². The lowest BCUT2D eigenvalue weighted by molar-refractivity contribution is -0.339. The van der Waals surface area contributed by atoms with Crippen LogP contribution in [-0.4, -0.2) is 144 Å². The Bertz CT molecular complexity index is 1390. The molecular weight excluding hydrogens is 696 g/mol. The van der Waals surface area contributed by atoms with E-state index in [1.165, 1.54) is 0 Å². The second-order valence-electron chi connectivity index (χ2n) is 19.2. The Hall–Kier alpha value is -1.05. The van der Waals surface area contributed by atoms with E-state index in [4.69, 9.17) is 18.9 Å². The number of aliphatic hydroxyl groups excluding tert-OH is 8. The summed E-state index contributed by atoms with van der Waals surface area (Å²) in [6, 6.07) is 0. The minimum atomic E-state index is -1.64. The lowest BCUT2D eigenvalue weighted by Gasteiger charge is -2.65. The van der Waals surface area contributed by atoms with Crippen LogP contribution in [0.25, 0.3) is 0 Å². The largest absolute Gasteiger partial charge is 0.550 e. The van der Waals surface area contributed by atoms with E-state index >= 15 is 0 Å². The molecule has 5 aliphatic carbocycles. The molecule has 7 aliphatic rings. The van der Waals surface area contributed by atoms with E-state index in [0.29, 0.717) is 32.1 Å². The van der Waals surface area contributed by atoms with Crippen LogP contribution >= 0.6 is 0 Å². The van der Waals surface area contributed by atoms with E-state index in [1.54, 1.807) is 6.92 Å². The number of rotatable bonds is 9. The van der Waals surface area contributed by atoms with Crippen molar-refractivity contribution in [2.75, 3.05) is 13.2 Å². The van der Waals surface area contributed by atoms with Crippen molar-refractivity contribution in [1.29, 1.82) is 0 Å². The summed E-state index contributed by atoms with van der Waals surface area (Å²) in [4.78, 5) is 11.4. The van der Waals surface area contributed by atoms with Gasteiger partial charge in [-0.3, -0.25) is 0 Å². The van der Waals surface area contributed by atoms with Crippen LogP contribution in [0.2, 0.25) is 0 Å². The van der Waals surface area contributed by atoms with E-state index in [2.05, 4.69) is 27.7 Å². The third kappa shape index (κ3) is 5.73. The minimum Gasteiger partial charge on any atom is -0.550 e. The number of aliphatic hydroxyl groups is 9. The zero-order valence-electron chi connectivity index (χ0n) is 31.4. The Balaban J connectivity index is 1.25. The predicted molar refractivity (Wildman–Crippen MR) is 180 cm³/mol. The Morgan fingerprint density at radius 2 is 1.53 bits per heavy atom. The normalized spacial score (nSPS) is 55.5. The fourth-order valence-electron chi connectivity index (χ4n) is 13.8. The molecule has 9 N–H and O–H groups in total. The summed E-state index contributed by atoms with van der Waals surface area (Å²) in [5.41, 5.74) is -3.71. The van der Waals surface area contributed by atoms with Crippen molar-refractivity contribution in [2.24, 2.45) is 44.8 Å². The summed E-state index contributed by atoms with van der Waals surface area (Å²) >= 11 is 0. The molecule has 0 aromatic rings. The molecule has 0 radical (unpaired) electrons. The van der Waals surface area contributed by atoms with Gasteiger partial charge in [-0.25, -0.2) is 0 Å². The highest BCUT2D eigenvalue weighted by Crippen LogP contribution is 2.89. The third-order valence-corrected chi connectivity index (χ3v) is 16.4. The first-order valence-corrected chi connectivity index (χ1v) is 19.5. The zero-order valence-corrected chi connectivity index (χ0v) is 31.4. The summed E-state index contributed by atoms with van der Waals surface area (Å²) in [6.45, 7) is 9.21. The molecule has 5 saturated carbocycles. The smallest absolute Gasteiger partial charge is 0.186 e. The lowest BCUT2D eigenvalue weighted by atomic mass is 9.41. The summed E-state index contributed by atoms with van der Waals surface area (Å²) in [5.74, 6) is -2.13. The SMILES string of the molecule is CC1(C)[C@@H](O[C@@H]2OC[C@@H](O)[C@H](O)[C@H]2O)CC[C@]23C[C@]24CC[C@]2(C)[C@@H]([C@](C)(O)CCC(=O)[O-])[C@@H](O)C[C@@]2(C)[C@@H]4C[C@H](O[C@@H]2O[C@H](CO)[C@@H](O)[C@H](O)[C@H]2O)[C@@H]13. The highest BCUT2D eigenvalue weighted by molar-refractivity contribution is 5.64.